The van der Waals surface area contributed by atoms with Crippen molar-refractivity contribution in [1.29, 1.82) is 0 Å². The van der Waals surface area contributed by atoms with E-state index in [1.165, 1.54) is 36.1 Å². The van der Waals surface area contributed by atoms with Crippen LogP contribution in [0.15, 0.2) is 42.5 Å². The molecule has 2 aliphatic heterocycles. The fourth-order valence-electron chi connectivity index (χ4n) is 5.01. The highest BCUT2D eigenvalue weighted by Gasteiger charge is 2.56. The van der Waals surface area contributed by atoms with E-state index in [4.69, 9.17) is 10.5 Å². The van der Waals surface area contributed by atoms with Crippen LogP contribution in [0.1, 0.15) is 54.5 Å². The Bertz CT molecular complexity index is 1080. The van der Waals surface area contributed by atoms with Gasteiger partial charge in [-0.15, -0.1) is 0 Å². The summed E-state index contributed by atoms with van der Waals surface area (Å²) < 4.78 is 99.3. The molecule has 0 aliphatic carbocycles. The van der Waals surface area contributed by atoms with Crippen molar-refractivity contribution in [3.63, 3.8) is 0 Å². The van der Waals surface area contributed by atoms with Crippen LogP contribution in [-0.4, -0.2) is 35.0 Å². The van der Waals surface area contributed by atoms with Gasteiger partial charge in [-0.25, -0.2) is 4.39 Å². The Morgan fingerprint density at radius 3 is 2.09 bits per heavy atom. The molecule has 11 heteroatoms. The monoisotopic (exact) mass is 504 g/mol. The number of carbonyl (C=O) groups is 1. The molecule has 2 heterocycles. The number of nitrogens with zero attached hydrogens (tertiary/aromatic N) is 1. The molecule has 35 heavy (non-hydrogen) atoms. The molecule has 2 saturated heterocycles. The number of carbonyl (C=O) groups excluding carboxylic acids is 1. The number of hydrogen-bond donors (Lipinski definition) is 1. The quantitative estimate of drug-likeness (QED) is 0.566. The molecule has 2 aliphatic rings. The summed E-state index contributed by atoms with van der Waals surface area (Å²) in [6.07, 6.45) is -11.6. The topological polar surface area (TPSA) is 55.6 Å². The Morgan fingerprint density at radius 1 is 1.03 bits per heavy atom. The van der Waals surface area contributed by atoms with Crippen molar-refractivity contribution in [1.82, 2.24) is 4.90 Å². The van der Waals surface area contributed by atoms with E-state index in [9.17, 15) is 35.5 Å². The van der Waals surface area contributed by atoms with Crippen molar-refractivity contribution in [2.45, 2.75) is 62.3 Å². The average Bonchev–Trinajstić information content (AvgIpc) is 3.19. The minimum Gasteiger partial charge on any atom is -0.368 e. The van der Waals surface area contributed by atoms with E-state index in [-0.39, 0.29) is 30.5 Å². The summed E-state index contributed by atoms with van der Waals surface area (Å²) in [6.45, 7) is 3.00. The van der Waals surface area contributed by atoms with E-state index >= 15 is 0 Å². The standard InChI is InChI=1S/C24H23F7N2O2/c1-12(14-7-15(23(26,27)28)9-16(8-14)24(29,30)31)35-19-11-33-18(10-22(2,32)21(33)34)20(19)13-3-5-17(25)6-4-13/h3-9,12,18-20H,10-11,32H2,1-2H3/t12-,18?,19+,20+,22-/m1/s1. The molecule has 190 valence electrons. The first kappa shape index (κ1) is 25.4. The molecule has 0 radical (unpaired) electrons. The van der Waals surface area contributed by atoms with Gasteiger partial charge in [0.2, 0.25) is 5.91 Å². The lowest BCUT2D eigenvalue weighted by molar-refractivity contribution is -0.143. The lowest BCUT2D eigenvalue weighted by atomic mass is 9.85. The van der Waals surface area contributed by atoms with E-state index in [0.29, 0.717) is 17.7 Å². The fraction of sp³-hybridized carbons (Fsp3) is 0.458. The van der Waals surface area contributed by atoms with Gasteiger partial charge in [-0.2, -0.15) is 26.3 Å². The first-order valence-electron chi connectivity index (χ1n) is 10.9. The van der Waals surface area contributed by atoms with Gasteiger partial charge in [-0.3, -0.25) is 4.79 Å². The van der Waals surface area contributed by atoms with Gasteiger partial charge in [-0.1, -0.05) is 12.1 Å². The van der Waals surface area contributed by atoms with E-state index in [0.717, 1.165) is 0 Å². The van der Waals surface area contributed by atoms with E-state index in [1.807, 2.05) is 0 Å². The third-order valence-corrected chi connectivity index (χ3v) is 6.69. The Hall–Kier alpha value is -2.66. The maximum absolute atomic E-state index is 13.5. The van der Waals surface area contributed by atoms with Gasteiger partial charge in [0.05, 0.1) is 28.9 Å². The average molecular weight is 504 g/mol. The van der Waals surface area contributed by atoms with Crippen LogP contribution < -0.4 is 5.73 Å². The number of fused-ring (bicyclic) bond motifs is 1. The zero-order chi connectivity index (χ0) is 25.9. The van der Waals surface area contributed by atoms with E-state index < -0.39 is 59.0 Å². The predicted molar refractivity (Wildman–Crippen MR) is 112 cm³/mol. The number of halogens is 7. The molecule has 4 nitrogen and oxygen atoms in total. The highest BCUT2D eigenvalue weighted by Crippen LogP contribution is 2.46. The molecule has 2 aromatic rings. The second-order valence-electron chi connectivity index (χ2n) is 9.38. The number of ether oxygens (including phenoxy) is 1. The van der Waals surface area contributed by atoms with Crippen molar-refractivity contribution in [2.75, 3.05) is 6.54 Å². The SMILES string of the molecule is C[C@@H](O[C@H]1CN2C(=O)[C@](C)(N)CC2[C@@H]1c1ccc(F)cc1)c1cc(C(F)(F)F)cc(C(F)(F)F)c1. The molecule has 2 aromatic carbocycles. The van der Waals surface area contributed by atoms with E-state index in [1.54, 1.807) is 6.92 Å². The molecule has 0 bridgehead atoms. The number of rotatable bonds is 4. The van der Waals surface area contributed by atoms with E-state index in [2.05, 4.69) is 0 Å². The summed E-state index contributed by atoms with van der Waals surface area (Å²) in [6, 6.07) is 6.42. The molecule has 5 atom stereocenters. The normalized spacial score (nSPS) is 27.9. The number of alkyl halides is 6. The van der Waals surface area contributed by atoms with Crippen LogP contribution in [0.2, 0.25) is 0 Å². The predicted octanol–water partition coefficient (Wildman–Crippen LogP) is 5.43. The second-order valence-corrected chi connectivity index (χ2v) is 9.38. The van der Waals surface area contributed by atoms with Gasteiger partial charge in [-0.05, 0) is 61.7 Å². The highest BCUT2D eigenvalue weighted by atomic mass is 19.4. The first-order valence-corrected chi connectivity index (χ1v) is 10.9. The molecular formula is C24H23F7N2O2. The van der Waals surface area contributed by atoms with Crippen molar-refractivity contribution < 1.29 is 40.3 Å². The summed E-state index contributed by atoms with van der Waals surface area (Å²) in [5, 5.41) is 0. The molecule has 1 amide bonds. The summed E-state index contributed by atoms with van der Waals surface area (Å²) in [5.74, 6) is -1.31. The zero-order valence-corrected chi connectivity index (χ0v) is 18.8. The van der Waals surface area contributed by atoms with Crippen LogP contribution in [0.5, 0.6) is 0 Å². The lowest BCUT2D eigenvalue weighted by Gasteiger charge is -2.28. The zero-order valence-electron chi connectivity index (χ0n) is 18.8. The maximum atomic E-state index is 13.5. The molecule has 0 aromatic heterocycles. The van der Waals surface area contributed by atoms with Crippen LogP contribution in [0.3, 0.4) is 0 Å². The number of benzene rings is 2. The minimum absolute atomic E-state index is 0.0494. The summed E-state index contributed by atoms with van der Waals surface area (Å²) in [5.41, 5.74) is 2.46. The third-order valence-electron chi connectivity index (χ3n) is 6.69. The number of nitrogens with two attached hydrogens (primary N) is 1. The number of hydrogen-bond acceptors (Lipinski definition) is 3. The first-order chi connectivity index (χ1) is 16.1. The van der Waals surface area contributed by atoms with Crippen molar-refractivity contribution in [2.24, 2.45) is 5.73 Å². The van der Waals surface area contributed by atoms with Gasteiger partial charge in [0.1, 0.15) is 5.82 Å². The van der Waals surface area contributed by atoms with Crippen LogP contribution in [0.25, 0.3) is 0 Å². The smallest absolute Gasteiger partial charge is 0.368 e. The van der Waals surface area contributed by atoms with Gasteiger partial charge < -0.3 is 15.4 Å². The minimum atomic E-state index is -4.99. The Balaban J connectivity index is 1.68. The lowest BCUT2D eigenvalue weighted by Crippen LogP contribution is -2.46. The summed E-state index contributed by atoms with van der Waals surface area (Å²) in [4.78, 5) is 14.3. The third kappa shape index (κ3) is 4.88. The second kappa shape index (κ2) is 8.48. The molecule has 4 rings (SSSR count). The van der Waals surface area contributed by atoms with Crippen LogP contribution in [0, 0.1) is 5.82 Å². The molecule has 2 N–H and O–H groups in total. The largest absolute Gasteiger partial charge is 0.416 e. The Kier molecular flexibility index (Phi) is 6.16. The molecular weight excluding hydrogens is 481 g/mol. The fourth-order valence-corrected chi connectivity index (χ4v) is 5.01. The van der Waals surface area contributed by atoms with Gasteiger partial charge in [0, 0.05) is 18.5 Å². The van der Waals surface area contributed by atoms with Gasteiger partial charge >= 0.3 is 12.4 Å². The van der Waals surface area contributed by atoms with Crippen molar-refractivity contribution in [3.8, 4) is 0 Å². The number of amides is 1. The van der Waals surface area contributed by atoms with Crippen molar-refractivity contribution >= 4 is 5.91 Å². The Morgan fingerprint density at radius 2 is 1.57 bits per heavy atom. The van der Waals surface area contributed by atoms with Crippen LogP contribution in [0.4, 0.5) is 30.7 Å². The van der Waals surface area contributed by atoms with Crippen LogP contribution >= 0.6 is 0 Å². The molecule has 0 saturated carbocycles. The maximum Gasteiger partial charge on any atom is 0.416 e. The Labute approximate surface area is 196 Å². The van der Waals surface area contributed by atoms with Crippen LogP contribution in [-0.2, 0) is 21.9 Å². The molecule has 0 spiro atoms. The molecule has 1 unspecified atom stereocenters. The van der Waals surface area contributed by atoms with Gasteiger partial charge in [0.15, 0.2) is 0 Å². The summed E-state index contributed by atoms with van der Waals surface area (Å²) >= 11 is 0. The van der Waals surface area contributed by atoms with Gasteiger partial charge in [0.25, 0.3) is 0 Å². The highest BCUT2D eigenvalue weighted by molar-refractivity contribution is 5.89. The van der Waals surface area contributed by atoms with Crippen molar-refractivity contribution in [3.05, 3.63) is 70.5 Å². The molecule has 2 fully saturated rings. The summed E-state index contributed by atoms with van der Waals surface area (Å²) in [7, 11) is 0.